The molecule has 0 fully saturated rings. The zero-order chi connectivity index (χ0) is 12.6. The van der Waals surface area contributed by atoms with Gasteiger partial charge in [0.1, 0.15) is 0 Å². The second kappa shape index (κ2) is 4.58. The molecule has 0 saturated carbocycles. The van der Waals surface area contributed by atoms with Crippen LogP contribution in [-0.2, 0) is 0 Å². The number of aromatic nitrogens is 2. The van der Waals surface area contributed by atoms with Crippen molar-refractivity contribution in [2.75, 3.05) is 0 Å². The summed E-state index contributed by atoms with van der Waals surface area (Å²) in [4.78, 5) is 6.64. The first-order valence-corrected chi connectivity index (χ1v) is 6.47. The molecule has 0 spiro atoms. The van der Waals surface area contributed by atoms with E-state index in [0.29, 0.717) is 17.6 Å². The summed E-state index contributed by atoms with van der Waals surface area (Å²) in [6, 6.07) is 1.90. The maximum Gasteiger partial charge on any atom is 0.268 e. The first-order valence-electron chi connectivity index (χ1n) is 5.65. The summed E-state index contributed by atoms with van der Waals surface area (Å²) in [5.41, 5.74) is 7.23. The van der Waals surface area contributed by atoms with E-state index in [9.17, 15) is 0 Å². The lowest BCUT2D eigenvalue weighted by atomic mass is 10.1. The zero-order valence-electron chi connectivity index (χ0n) is 10.5. The second-order valence-electron chi connectivity index (χ2n) is 4.58. The molecule has 0 aromatic carbocycles. The van der Waals surface area contributed by atoms with Crippen molar-refractivity contribution in [2.45, 2.75) is 33.7 Å². The fraction of sp³-hybridized carbons (Fsp3) is 0.500. The van der Waals surface area contributed by atoms with Crippen LogP contribution in [-0.4, -0.2) is 10.1 Å². The van der Waals surface area contributed by atoms with Gasteiger partial charge in [0.05, 0.1) is 10.9 Å². The van der Waals surface area contributed by atoms with Gasteiger partial charge in [-0.15, -0.1) is 11.3 Å². The molecule has 0 amide bonds. The molecule has 0 saturated heterocycles. The zero-order valence-corrected chi connectivity index (χ0v) is 11.3. The van der Waals surface area contributed by atoms with E-state index in [4.69, 9.17) is 10.3 Å². The van der Waals surface area contributed by atoms with Crippen molar-refractivity contribution in [3.63, 3.8) is 0 Å². The average molecular weight is 251 g/mol. The largest absolute Gasteiger partial charge is 0.333 e. The number of hydrogen-bond acceptors (Lipinski definition) is 5. The summed E-state index contributed by atoms with van der Waals surface area (Å²) in [5.74, 6) is 1.45. The summed E-state index contributed by atoms with van der Waals surface area (Å²) in [7, 11) is 0. The van der Waals surface area contributed by atoms with Gasteiger partial charge in [0.25, 0.3) is 5.89 Å². The van der Waals surface area contributed by atoms with Crippen molar-refractivity contribution in [1.29, 1.82) is 0 Å². The summed E-state index contributed by atoms with van der Waals surface area (Å²) in [6.45, 7) is 8.24. The fourth-order valence-electron chi connectivity index (χ4n) is 1.45. The molecule has 2 rings (SSSR count). The third-order valence-corrected chi connectivity index (χ3v) is 3.98. The van der Waals surface area contributed by atoms with Gasteiger partial charge in [-0.3, -0.25) is 0 Å². The maximum atomic E-state index is 5.98. The quantitative estimate of drug-likeness (QED) is 0.910. The minimum atomic E-state index is -0.172. The standard InChI is InChI=1S/C12H17N3OS/c1-6(2)10(13)11-14-12(16-15-11)9-5-7(3)8(4)17-9/h5-6,10H,13H2,1-4H3. The van der Waals surface area contributed by atoms with E-state index in [2.05, 4.69) is 30.1 Å². The van der Waals surface area contributed by atoms with Crippen LogP contribution in [0.4, 0.5) is 0 Å². The van der Waals surface area contributed by atoms with Crippen LogP contribution < -0.4 is 5.73 Å². The predicted octanol–water partition coefficient (Wildman–Crippen LogP) is 3.07. The van der Waals surface area contributed by atoms with E-state index in [0.717, 1.165) is 4.88 Å². The van der Waals surface area contributed by atoms with Crippen molar-refractivity contribution in [3.05, 3.63) is 22.3 Å². The Labute approximate surface area is 105 Å². The van der Waals surface area contributed by atoms with Gasteiger partial charge in [0.15, 0.2) is 5.82 Å². The predicted molar refractivity (Wildman–Crippen MR) is 68.9 cm³/mol. The van der Waals surface area contributed by atoms with Gasteiger partial charge in [-0.05, 0) is 31.4 Å². The van der Waals surface area contributed by atoms with Gasteiger partial charge in [0, 0.05) is 4.88 Å². The molecule has 0 radical (unpaired) electrons. The van der Waals surface area contributed by atoms with Gasteiger partial charge in [0.2, 0.25) is 0 Å². The van der Waals surface area contributed by atoms with Crippen molar-refractivity contribution >= 4 is 11.3 Å². The molecule has 5 heteroatoms. The van der Waals surface area contributed by atoms with E-state index >= 15 is 0 Å². The molecule has 4 nitrogen and oxygen atoms in total. The van der Waals surface area contributed by atoms with Gasteiger partial charge in [-0.1, -0.05) is 19.0 Å². The third kappa shape index (κ3) is 2.40. The first kappa shape index (κ1) is 12.3. The lowest BCUT2D eigenvalue weighted by molar-refractivity contribution is 0.400. The van der Waals surface area contributed by atoms with Crippen LogP contribution in [0, 0.1) is 19.8 Å². The second-order valence-corrected chi connectivity index (χ2v) is 5.83. The number of nitrogens with zero attached hydrogens (tertiary/aromatic N) is 2. The molecule has 2 aromatic heterocycles. The van der Waals surface area contributed by atoms with E-state index < -0.39 is 0 Å². The minimum Gasteiger partial charge on any atom is -0.333 e. The number of thiophene rings is 1. The molecule has 0 aliphatic heterocycles. The molecule has 0 bridgehead atoms. The summed E-state index contributed by atoms with van der Waals surface area (Å²) in [6.07, 6.45) is 0. The molecule has 0 aliphatic rings. The number of hydrogen-bond donors (Lipinski definition) is 1. The number of rotatable bonds is 3. The highest BCUT2D eigenvalue weighted by atomic mass is 32.1. The molecular weight excluding hydrogens is 234 g/mol. The van der Waals surface area contributed by atoms with Crippen LogP contribution in [0.5, 0.6) is 0 Å². The van der Waals surface area contributed by atoms with Crippen molar-refractivity contribution in [3.8, 4) is 10.8 Å². The van der Waals surface area contributed by atoms with E-state index in [-0.39, 0.29) is 6.04 Å². The molecule has 1 atom stereocenters. The van der Waals surface area contributed by atoms with Crippen molar-refractivity contribution < 1.29 is 4.52 Å². The number of aryl methyl sites for hydroxylation is 2. The van der Waals surface area contributed by atoms with Crippen LogP contribution in [0.3, 0.4) is 0 Å². The normalized spacial score (nSPS) is 13.3. The lowest BCUT2D eigenvalue weighted by Gasteiger charge is -2.09. The van der Waals surface area contributed by atoms with Gasteiger partial charge in [-0.2, -0.15) is 4.98 Å². The van der Waals surface area contributed by atoms with Crippen LogP contribution in [0.25, 0.3) is 10.8 Å². The van der Waals surface area contributed by atoms with Gasteiger partial charge < -0.3 is 10.3 Å². The summed E-state index contributed by atoms with van der Waals surface area (Å²) < 4.78 is 5.26. The van der Waals surface area contributed by atoms with Crippen molar-refractivity contribution in [1.82, 2.24) is 10.1 Å². The Morgan fingerprint density at radius 1 is 1.35 bits per heavy atom. The summed E-state index contributed by atoms with van der Waals surface area (Å²) in [5, 5.41) is 3.95. The van der Waals surface area contributed by atoms with Crippen LogP contribution in [0.2, 0.25) is 0 Å². The van der Waals surface area contributed by atoms with E-state index in [1.165, 1.54) is 10.4 Å². The van der Waals surface area contributed by atoms with Crippen LogP contribution in [0.1, 0.15) is 36.2 Å². The average Bonchev–Trinajstić information content (AvgIpc) is 2.85. The molecular formula is C12H17N3OS. The highest BCUT2D eigenvalue weighted by Gasteiger charge is 2.19. The summed E-state index contributed by atoms with van der Waals surface area (Å²) >= 11 is 1.66. The fourth-order valence-corrected chi connectivity index (χ4v) is 2.40. The molecule has 17 heavy (non-hydrogen) atoms. The Balaban J connectivity index is 2.29. The minimum absolute atomic E-state index is 0.172. The molecule has 2 heterocycles. The smallest absolute Gasteiger partial charge is 0.268 e. The Bertz CT molecular complexity index is 496. The van der Waals surface area contributed by atoms with Crippen LogP contribution in [0.15, 0.2) is 10.6 Å². The Morgan fingerprint density at radius 3 is 2.59 bits per heavy atom. The lowest BCUT2D eigenvalue weighted by Crippen LogP contribution is -2.18. The molecule has 2 N–H and O–H groups in total. The van der Waals surface area contributed by atoms with Crippen molar-refractivity contribution in [2.24, 2.45) is 11.7 Å². The van der Waals surface area contributed by atoms with Gasteiger partial charge >= 0.3 is 0 Å². The first-order chi connectivity index (χ1) is 7.99. The Hall–Kier alpha value is -1.20. The topological polar surface area (TPSA) is 64.9 Å². The molecule has 1 unspecified atom stereocenters. The van der Waals surface area contributed by atoms with Gasteiger partial charge in [-0.25, -0.2) is 0 Å². The van der Waals surface area contributed by atoms with Crippen LogP contribution >= 0.6 is 11.3 Å². The Kier molecular flexibility index (Phi) is 3.31. The van der Waals surface area contributed by atoms with E-state index in [1.54, 1.807) is 11.3 Å². The SMILES string of the molecule is Cc1cc(-c2nc(C(N)C(C)C)no2)sc1C. The highest BCUT2D eigenvalue weighted by molar-refractivity contribution is 7.15. The molecule has 0 aliphatic carbocycles. The monoisotopic (exact) mass is 251 g/mol. The molecule has 2 aromatic rings. The highest BCUT2D eigenvalue weighted by Crippen LogP contribution is 2.30. The van der Waals surface area contributed by atoms with E-state index in [1.807, 2.05) is 13.8 Å². The molecule has 92 valence electrons. The maximum absolute atomic E-state index is 5.98. The third-order valence-electron chi connectivity index (χ3n) is 2.83. The Morgan fingerprint density at radius 2 is 2.06 bits per heavy atom. The number of nitrogens with two attached hydrogens (primary N) is 1.